The topological polar surface area (TPSA) is 104 Å². The van der Waals surface area contributed by atoms with E-state index in [9.17, 15) is 18.0 Å². The highest BCUT2D eigenvalue weighted by atomic mass is 32.2. The number of carboxylic acids is 1. The van der Waals surface area contributed by atoms with E-state index in [2.05, 4.69) is 5.32 Å². The van der Waals surface area contributed by atoms with Crippen molar-refractivity contribution in [2.75, 3.05) is 19.3 Å². The van der Waals surface area contributed by atoms with Crippen LogP contribution >= 0.6 is 0 Å². The third-order valence-corrected chi connectivity index (χ3v) is 4.57. The largest absolute Gasteiger partial charge is 0.480 e. The minimum absolute atomic E-state index is 0.296. The van der Waals surface area contributed by atoms with Gasteiger partial charge < -0.3 is 10.4 Å². The first-order chi connectivity index (χ1) is 8.54. The summed E-state index contributed by atoms with van der Waals surface area (Å²) in [6, 6.07) is 0. The Balaban J connectivity index is 2.57. The van der Waals surface area contributed by atoms with E-state index in [4.69, 9.17) is 5.11 Å². The van der Waals surface area contributed by atoms with E-state index in [0.29, 0.717) is 25.9 Å². The number of carbonyl (C=O) groups is 2. The summed E-state index contributed by atoms with van der Waals surface area (Å²) in [6.45, 7) is 3.42. The summed E-state index contributed by atoms with van der Waals surface area (Å²) in [6.07, 6.45) is 1.96. The van der Waals surface area contributed by atoms with E-state index in [1.165, 1.54) is 18.2 Å². The van der Waals surface area contributed by atoms with E-state index in [1.54, 1.807) is 0 Å². The molecule has 19 heavy (non-hydrogen) atoms. The van der Waals surface area contributed by atoms with Crippen LogP contribution in [0.2, 0.25) is 0 Å². The fraction of sp³-hybridized carbons (Fsp3) is 0.818. The zero-order valence-corrected chi connectivity index (χ0v) is 12.2. The first kappa shape index (κ1) is 15.9. The van der Waals surface area contributed by atoms with Gasteiger partial charge in [0.25, 0.3) is 0 Å². The van der Waals surface area contributed by atoms with Gasteiger partial charge in [-0.2, -0.15) is 0 Å². The van der Waals surface area contributed by atoms with Crippen LogP contribution in [0, 0.1) is 5.92 Å². The maximum atomic E-state index is 11.9. The lowest BCUT2D eigenvalue weighted by atomic mass is 9.95. The zero-order chi connectivity index (χ0) is 14.8. The monoisotopic (exact) mass is 292 g/mol. The number of aliphatic carboxylic acids is 1. The molecule has 2 N–H and O–H groups in total. The number of nitrogens with one attached hydrogen (secondary N) is 1. The molecule has 0 aromatic rings. The number of rotatable bonds is 4. The van der Waals surface area contributed by atoms with Gasteiger partial charge in [-0.3, -0.25) is 4.79 Å². The van der Waals surface area contributed by atoms with Gasteiger partial charge in [-0.15, -0.1) is 0 Å². The molecule has 0 atom stereocenters. The summed E-state index contributed by atoms with van der Waals surface area (Å²) in [5.74, 6) is -1.77. The molecule has 1 amide bonds. The minimum atomic E-state index is -3.22. The van der Waals surface area contributed by atoms with E-state index in [-0.39, 0.29) is 11.8 Å². The van der Waals surface area contributed by atoms with E-state index in [1.807, 2.05) is 0 Å². The van der Waals surface area contributed by atoms with Crippen LogP contribution < -0.4 is 5.32 Å². The van der Waals surface area contributed by atoms with Crippen molar-refractivity contribution in [3.63, 3.8) is 0 Å². The Bertz CT molecular complexity index is 463. The van der Waals surface area contributed by atoms with Gasteiger partial charge in [0.2, 0.25) is 15.9 Å². The van der Waals surface area contributed by atoms with Crippen LogP contribution in [-0.4, -0.2) is 54.6 Å². The average Bonchev–Trinajstić information content (AvgIpc) is 2.27. The Morgan fingerprint density at radius 2 is 1.74 bits per heavy atom. The van der Waals surface area contributed by atoms with Crippen LogP contribution in [0.1, 0.15) is 26.7 Å². The summed E-state index contributed by atoms with van der Waals surface area (Å²) >= 11 is 0. The van der Waals surface area contributed by atoms with Gasteiger partial charge in [0.1, 0.15) is 5.54 Å². The maximum Gasteiger partial charge on any atom is 0.328 e. The molecule has 110 valence electrons. The quantitative estimate of drug-likeness (QED) is 0.736. The van der Waals surface area contributed by atoms with Crippen LogP contribution in [0.4, 0.5) is 0 Å². The van der Waals surface area contributed by atoms with Crippen molar-refractivity contribution < 1.29 is 23.1 Å². The van der Waals surface area contributed by atoms with E-state index in [0.717, 1.165) is 6.26 Å². The van der Waals surface area contributed by atoms with Crippen molar-refractivity contribution >= 4 is 21.9 Å². The molecule has 0 aromatic carbocycles. The molecular formula is C11H20N2O5S. The van der Waals surface area contributed by atoms with Crippen molar-refractivity contribution in [3.05, 3.63) is 0 Å². The van der Waals surface area contributed by atoms with Crippen molar-refractivity contribution in [2.45, 2.75) is 32.2 Å². The summed E-state index contributed by atoms with van der Waals surface area (Å²) in [5, 5.41) is 11.4. The molecule has 7 nitrogen and oxygen atoms in total. The number of nitrogens with zero attached hydrogens (tertiary/aromatic N) is 1. The third kappa shape index (κ3) is 4.17. The zero-order valence-electron chi connectivity index (χ0n) is 11.3. The molecule has 1 rings (SSSR count). The molecule has 0 radical (unpaired) electrons. The molecule has 1 fully saturated rings. The lowest BCUT2D eigenvalue weighted by Crippen LogP contribution is -2.53. The van der Waals surface area contributed by atoms with Gasteiger partial charge in [0.15, 0.2) is 0 Å². The summed E-state index contributed by atoms with van der Waals surface area (Å²) in [5.41, 5.74) is -1.31. The first-order valence-electron chi connectivity index (χ1n) is 6.04. The summed E-state index contributed by atoms with van der Waals surface area (Å²) < 4.78 is 24.0. The second kappa shape index (κ2) is 5.46. The highest BCUT2D eigenvalue weighted by Crippen LogP contribution is 2.20. The molecule has 0 unspecified atom stereocenters. The molecule has 8 heteroatoms. The maximum absolute atomic E-state index is 11.9. The van der Waals surface area contributed by atoms with E-state index >= 15 is 0 Å². The van der Waals surface area contributed by atoms with Gasteiger partial charge >= 0.3 is 5.97 Å². The highest BCUT2D eigenvalue weighted by Gasteiger charge is 2.34. The first-order valence-corrected chi connectivity index (χ1v) is 7.89. The second-order valence-electron chi connectivity index (χ2n) is 5.36. The lowest BCUT2D eigenvalue weighted by molar-refractivity contribution is -0.146. The predicted molar refractivity (Wildman–Crippen MR) is 69.0 cm³/mol. The van der Waals surface area contributed by atoms with Crippen molar-refractivity contribution in [3.8, 4) is 0 Å². The van der Waals surface area contributed by atoms with Crippen molar-refractivity contribution in [1.29, 1.82) is 0 Å². The Morgan fingerprint density at radius 1 is 1.26 bits per heavy atom. The molecule has 1 aliphatic heterocycles. The van der Waals surface area contributed by atoms with Gasteiger partial charge in [0, 0.05) is 19.0 Å². The number of hydrogen-bond donors (Lipinski definition) is 2. The number of piperidine rings is 1. The number of carbonyl (C=O) groups excluding carboxylic acids is 1. The molecule has 0 spiro atoms. The summed E-state index contributed by atoms with van der Waals surface area (Å²) in [7, 11) is -3.22. The van der Waals surface area contributed by atoms with Gasteiger partial charge in [-0.25, -0.2) is 17.5 Å². The fourth-order valence-electron chi connectivity index (χ4n) is 1.91. The third-order valence-electron chi connectivity index (χ3n) is 3.26. The molecule has 0 saturated carbocycles. The highest BCUT2D eigenvalue weighted by molar-refractivity contribution is 7.88. The minimum Gasteiger partial charge on any atom is -0.480 e. The van der Waals surface area contributed by atoms with Crippen LogP contribution in [0.3, 0.4) is 0 Å². The van der Waals surface area contributed by atoms with Crippen LogP contribution in [0.15, 0.2) is 0 Å². The molecule has 1 saturated heterocycles. The Labute approximate surface area is 113 Å². The van der Waals surface area contributed by atoms with E-state index < -0.39 is 21.5 Å². The second-order valence-corrected chi connectivity index (χ2v) is 7.34. The number of hydrogen-bond acceptors (Lipinski definition) is 4. The SMILES string of the molecule is CC(C)(NC(=O)C1CCN(S(C)(=O)=O)CC1)C(=O)O. The lowest BCUT2D eigenvalue weighted by Gasteiger charge is -2.31. The summed E-state index contributed by atoms with van der Waals surface area (Å²) in [4.78, 5) is 22.9. The van der Waals surface area contributed by atoms with Crippen LogP contribution in [-0.2, 0) is 19.6 Å². The molecular weight excluding hydrogens is 272 g/mol. The average molecular weight is 292 g/mol. The molecule has 0 bridgehead atoms. The molecule has 1 aliphatic rings. The molecule has 0 aromatic heterocycles. The number of amides is 1. The predicted octanol–water partition coefficient (Wildman–Crippen LogP) is -0.363. The Hall–Kier alpha value is -1.15. The Morgan fingerprint density at radius 3 is 2.11 bits per heavy atom. The smallest absolute Gasteiger partial charge is 0.328 e. The Kier molecular flexibility index (Phi) is 4.57. The van der Waals surface area contributed by atoms with Crippen LogP contribution in [0.5, 0.6) is 0 Å². The molecule has 0 aliphatic carbocycles. The standard InChI is InChI=1S/C11H20N2O5S/c1-11(2,10(15)16)12-9(14)8-4-6-13(7-5-8)19(3,17)18/h8H,4-7H2,1-3H3,(H,12,14)(H,15,16). The number of sulfonamides is 1. The molecule has 1 heterocycles. The number of carboxylic acid groups (broad SMARTS) is 1. The van der Waals surface area contributed by atoms with Crippen molar-refractivity contribution in [1.82, 2.24) is 9.62 Å². The van der Waals surface area contributed by atoms with Crippen LogP contribution in [0.25, 0.3) is 0 Å². The van der Waals surface area contributed by atoms with Gasteiger partial charge in [-0.05, 0) is 26.7 Å². The van der Waals surface area contributed by atoms with Gasteiger partial charge in [0.05, 0.1) is 6.26 Å². The normalized spacial score (nSPS) is 19.1. The van der Waals surface area contributed by atoms with Gasteiger partial charge in [-0.1, -0.05) is 0 Å². The fourth-order valence-corrected chi connectivity index (χ4v) is 2.79. The van der Waals surface area contributed by atoms with Crippen molar-refractivity contribution in [2.24, 2.45) is 5.92 Å².